The van der Waals surface area contributed by atoms with Crippen molar-refractivity contribution in [2.75, 3.05) is 19.7 Å². The van der Waals surface area contributed by atoms with Gasteiger partial charge in [0.1, 0.15) is 5.82 Å². The van der Waals surface area contributed by atoms with Crippen LogP contribution in [0.2, 0.25) is 5.02 Å². The van der Waals surface area contributed by atoms with Crippen LogP contribution in [0.3, 0.4) is 0 Å². The average Bonchev–Trinajstić information content (AvgIpc) is 2.69. The first-order chi connectivity index (χ1) is 14.3. The Hall–Kier alpha value is -2.09. The molecule has 0 fully saturated rings. The Morgan fingerprint density at radius 1 is 1.17 bits per heavy atom. The number of carbonyl (C=O) groups is 1. The second kappa shape index (κ2) is 11.9. The molecule has 30 heavy (non-hydrogen) atoms. The molecule has 0 spiro atoms. The molecule has 0 aliphatic carbocycles. The molecule has 0 aliphatic rings. The summed E-state index contributed by atoms with van der Waals surface area (Å²) in [5, 5.41) is 3.02. The summed E-state index contributed by atoms with van der Waals surface area (Å²) in [6.45, 7) is 1.48. The third kappa shape index (κ3) is 7.63. The first kappa shape index (κ1) is 24.2. The highest BCUT2D eigenvalue weighted by Gasteiger charge is 2.23. The Balaban J connectivity index is 1.99. The van der Waals surface area contributed by atoms with Gasteiger partial charge in [-0.3, -0.25) is 4.79 Å². The Morgan fingerprint density at radius 3 is 2.50 bits per heavy atom. The van der Waals surface area contributed by atoms with Crippen LogP contribution >= 0.6 is 11.6 Å². The number of nitrogens with two attached hydrogens (primary N) is 1. The van der Waals surface area contributed by atoms with Gasteiger partial charge in [-0.25, -0.2) is 13.2 Å². The Kier molecular flexibility index (Phi) is 9.62. The van der Waals surface area contributed by atoms with Crippen molar-refractivity contribution in [1.82, 2.24) is 5.32 Å². The molecule has 0 saturated heterocycles. The molecule has 8 heteroatoms. The summed E-state index contributed by atoms with van der Waals surface area (Å²) >= 11 is 5.95. The first-order valence-electron chi connectivity index (χ1n) is 9.75. The highest BCUT2D eigenvalue weighted by atomic mass is 35.5. The summed E-state index contributed by atoms with van der Waals surface area (Å²) in [7, 11) is 0. The Bertz CT molecular complexity index is 819. The molecule has 2 aromatic rings. The first-order valence-corrected chi connectivity index (χ1v) is 10.1. The second-order valence-electron chi connectivity index (χ2n) is 7.02. The van der Waals surface area contributed by atoms with Crippen LogP contribution in [0.5, 0.6) is 0 Å². The van der Waals surface area contributed by atoms with Gasteiger partial charge in [0.2, 0.25) is 0 Å². The third-order valence-corrected chi connectivity index (χ3v) is 4.82. The number of hydrogen-bond acceptors (Lipinski definition) is 4. The van der Waals surface area contributed by atoms with Crippen LogP contribution in [-0.2, 0) is 16.0 Å². The van der Waals surface area contributed by atoms with E-state index >= 15 is 0 Å². The second-order valence-corrected chi connectivity index (χ2v) is 7.46. The minimum Gasteiger partial charge on any atom is -0.466 e. The standard InChI is InChI=1S/C22H26ClF3N2O2/c1-2-30-22(29)16(12-28-13-21(25)26)10-18(27)9-14-3-5-15(6-4-14)19-11-17(23)7-8-20(19)24/h3-8,11,16,18,21,28H,2,9-10,12-13,27H2,1H3. The lowest BCUT2D eigenvalue weighted by Crippen LogP contribution is -2.37. The van der Waals surface area contributed by atoms with Gasteiger partial charge in [-0.05, 0) is 49.1 Å². The summed E-state index contributed by atoms with van der Waals surface area (Å²) in [6.07, 6.45) is -1.73. The molecular weight excluding hydrogens is 417 g/mol. The zero-order valence-corrected chi connectivity index (χ0v) is 17.5. The molecule has 0 radical (unpaired) electrons. The summed E-state index contributed by atoms with van der Waals surface area (Å²) < 4.78 is 43.8. The van der Waals surface area contributed by atoms with Gasteiger partial charge in [-0.15, -0.1) is 0 Å². The maximum atomic E-state index is 14.0. The van der Waals surface area contributed by atoms with Gasteiger partial charge in [0, 0.05) is 23.2 Å². The van der Waals surface area contributed by atoms with Crippen molar-refractivity contribution in [3.05, 3.63) is 58.9 Å². The monoisotopic (exact) mass is 442 g/mol. The smallest absolute Gasteiger partial charge is 0.310 e. The van der Waals surface area contributed by atoms with E-state index in [1.54, 1.807) is 25.1 Å². The van der Waals surface area contributed by atoms with Gasteiger partial charge in [0.05, 0.1) is 19.1 Å². The van der Waals surface area contributed by atoms with Crippen LogP contribution in [0, 0.1) is 11.7 Å². The summed E-state index contributed by atoms with van der Waals surface area (Å²) in [5.41, 5.74) is 8.21. The number of rotatable bonds is 11. The van der Waals surface area contributed by atoms with Crippen LogP contribution in [-0.4, -0.2) is 38.1 Å². The fraction of sp³-hybridized carbons (Fsp3) is 0.409. The third-order valence-electron chi connectivity index (χ3n) is 4.59. The van der Waals surface area contributed by atoms with Crippen molar-refractivity contribution in [2.24, 2.45) is 11.7 Å². The van der Waals surface area contributed by atoms with E-state index < -0.39 is 24.9 Å². The highest BCUT2D eigenvalue weighted by molar-refractivity contribution is 6.30. The van der Waals surface area contributed by atoms with E-state index in [2.05, 4.69) is 5.32 Å². The zero-order chi connectivity index (χ0) is 22.1. The van der Waals surface area contributed by atoms with Crippen molar-refractivity contribution < 1.29 is 22.7 Å². The lowest BCUT2D eigenvalue weighted by atomic mass is 9.94. The topological polar surface area (TPSA) is 64.3 Å². The predicted molar refractivity (Wildman–Crippen MR) is 112 cm³/mol. The summed E-state index contributed by atoms with van der Waals surface area (Å²) in [6, 6.07) is 11.2. The van der Waals surface area contributed by atoms with E-state index in [1.165, 1.54) is 12.1 Å². The van der Waals surface area contributed by atoms with Crippen LogP contribution in [0.15, 0.2) is 42.5 Å². The highest BCUT2D eigenvalue weighted by Crippen LogP contribution is 2.26. The van der Waals surface area contributed by atoms with Crippen molar-refractivity contribution in [3.8, 4) is 11.1 Å². The molecule has 0 heterocycles. The number of nitrogens with one attached hydrogen (secondary N) is 1. The van der Waals surface area contributed by atoms with E-state index in [4.69, 9.17) is 22.1 Å². The van der Waals surface area contributed by atoms with Crippen molar-refractivity contribution >= 4 is 17.6 Å². The average molecular weight is 443 g/mol. The molecule has 2 rings (SSSR count). The summed E-state index contributed by atoms with van der Waals surface area (Å²) in [4.78, 5) is 12.1. The SMILES string of the molecule is CCOC(=O)C(CNCC(F)F)CC(N)Cc1ccc(-c2cc(Cl)ccc2F)cc1. The molecule has 0 bridgehead atoms. The van der Waals surface area contributed by atoms with Crippen molar-refractivity contribution in [1.29, 1.82) is 0 Å². The fourth-order valence-corrected chi connectivity index (χ4v) is 3.35. The number of ether oxygens (including phenoxy) is 1. The van der Waals surface area contributed by atoms with Crippen LogP contribution < -0.4 is 11.1 Å². The lowest BCUT2D eigenvalue weighted by Gasteiger charge is -2.20. The van der Waals surface area contributed by atoms with Crippen LogP contribution in [0.4, 0.5) is 13.2 Å². The molecule has 2 atom stereocenters. The maximum Gasteiger partial charge on any atom is 0.310 e. The van der Waals surface area contributed by atoms with Crippen LogP contribution in [0.1, 0.15) is 18.9 Å². The Morgan fingerprint density at radius 2 is 1.87 bits per heavy atom. The van der Waals surface area contributed by atoms with Gasteiger partial charge >= 0.3 is 5.97 Å². The molecule has 0 aromatic heterocycles. The number of carbonyl (C=O) groups excluding carboxylic acids is 1. The minimum absolute atomic E-state index is 0.0733. The predicted octanol–water partition coefficient (Wildman–Crippen LogP) is 4.44. The minimum atomic E-state index is -2.50. The molecule has 2 unspecified atom stereocenters. The van der Waals surface area contributed by atoms with Crippen LogP contribution in [0.25, 0.3) is 11.1 Å². The fourth-order valence-electron chi connectivity index (χ4n) is 3.18. The summed E-state index contributed by atoms with van der Waals surface area (Å²) in [5.74, 6) is -1.43. The molecule has 0 amide bonds. The van der Waals surface area contributed by atoms with Gasteiger partial charge in [0.15, 0.2) is 0 Å². The molecule has 164 valence electrons. The number of hydrogen-bond donors (Lipinski definition) is 2. The van der Waals surface area contributed by atoms with Gasteiger partial charge in [0.25, 0.3) is 6.43 Å². The van der Waals surface area contributed by atoms with E-state index in [0.717, 1.165) is 5.56 Å². The Labute approximate surface area is 179 Å². The van der Waals surface area contributed by atoms with Crippen molar-refractivity contribution in [3.63, 3.8) is 0 Å². The van der Waals surface area contributed by atoms with E-state index in [-0.39, 0.29) is 25.0 Å². The number of halogens is 4. The molecule has 3 N–H and O–H groups in total. The zero-order valence-electron chi connectivity index (χ0n) is 16.7. The van der Waals surface area contributed by atoms with Gasteiger partial charge < -0.3 is 15.8 Å². The van der Waals surface area contributed by atoms with Gasteiger partial charge in [-0.1, -0.05) is 35.9 Å². The molecular formula is C22H26ClF3N2O2. The van der Waals surface area contributed by atoms with E-state index in [0.29, 0.717) is 29.0 Å². The largest absolute Gasteiger partial charge is 0.466 e. The molecule has 2 aromatic carbocycles. The quantitative estimate of drug-likeness (QED) is 0.505. The van der Waals surface area contributed by atoms with E-state index in [9.17, 15) is 18.0 Å². The number of esters is 1. The van der Waals surface area contributed by atoms with Crippen molar-refractivity contribution in [2.45, 2.75) is 32.2 Å². The number of benzene rings is 2. The van der Waals surface area contributed by atoms with Gasteiger partial charge in [-0.2, -0.15) is 0 Å². The number of alkyl halides is 2. The molecule has 4 nitrogen and oxygen atoms in total. The normalized spacial score (nSPS) is 13.3. The van der Waals surface area contributed by atoms with E-state index in [1.807, 2.05) is 12.1 Å². The lowest BCUT2D eigenvalue weighted by molar-refractivity contribution is -0.148. The maximum absolute atomic E-state index is 14.0. The molecule has 0 aliphatic heterocycles. The molecule has 0 saturated carbocycles.